The number of methoxy groups -OCH3 is 2. The molecule has 2 N–H and O–H groups in total. The molecular formula is C9H18N2O3. The van der Waals surface area contributed by atoms with Gasteiger partial charge >= 0.3 is 0 Å². The van der Waals surface area contributed by atoms with Gasteiger partial charge in [0.25, 0.3) is 0 Å². The number of carbonyl (C=O) groups excluding carboxylic acids is 1. The van der Waals surface area contributed by atoms with Crippen LogP contribution in [-0.4, -0.2) is 56.9 Å². The van der Waals surface area contributed by atoms with Crippen molar-refractivity contribution in [3.63, 3.8) is 0 Å². The Morgan fingerprint density at radius 1 is 1.64 bits per heavy atom. The lowest BCUT2D eigenvalue weighted by atomic mass is 10.3. The first-order chi connectivity index (χ1) is 6.69. The predicted molar refractivity (Wildman–Crippen MR) is 51.8 cm³/mol. The third kappa shape index (κ3) is 2.67. The highest BCUT2D eigenvalue weighted by Crippen LogP contribution is 2.12. The molecule has 1 saturated heterocycles. The van der Waals surface area contributed by atoms with E-state index in [-0.39, 0.29) is 18.6 Å². The molecule has 0 aromatic carbocycles. The lowest BCUT2D eigenvalue weighted by Gasteiger charge is -2.20. The molecule has 0 radical (unpaired) electrons. The van der Waals surface area contributed by atoms with Crippen LogP contribution in [0.15, 0.2) is 0 Å². The first kappa shape index (κ1) is 11.4. The van der Waals surface area contributed by atoms with Gasteiger partial charge in [0.2, 0.25) is 5.91 Å². The van der Waals surface area contributed by atoms with Gasteiger partial charge in [0.1, 0.15) is 6.04 Å². The molecule has 0 bridgehead atoms. The minimum absolute atomic E-state index is 0.0496. The summed E-state index contributed by atoms with van der Waals surface area (Å²) < 4.78 is 10.00. The SMILES string of the molecule is COCC(N)C(=O)N1CCC(OC)C1. The molecule has 0 aromatic heterocycles. The van der Waals surface area contributed by atoms with Crippen LogP contribution >= 0.6 is 0 Å². The molecule has 1 fully saturated rings. The summed E-state index contributed by atoms with van der Waals surface area (Å²) in [7, 11) is 3.20. The Labute approximate surface area is 84.1 Å². The standard InChI is InChI=1S/C9H18N2O3/c1-13-6-8(10)9(12)11-4-3-7(5-11)14-2/h7-8H,3-6,10H2,1-2H3. The van der Waals surface area contributed by atoms with E-state index in [9.17, 15) is 4.79 Å². The average molecular weight is 202 g/mol. The van der Waals surface area contributed by atoms with Crippen LogP contribution in [0.4, 0.5) is 0 Å². The van der Waals surface area contributed by atoms with Crippen molar-refractivity contribution in [3.05, 3.63) is 0 Å². The van der Waals surface area contributed by atoms with Crippen LogP contribution in [0, 0.1) is 0 Å². The second kappa shape index (κ2) is 5.29. The number of hydrogen-bond donors (Lipinski definition) is 1. The van der Waals surface area contributed by atoms with Crippen molar-refractivity contribution < 1.29 is 14.3 Å². The zero-order valence-electron chi connectivity index (χ0n) is 8.73. The van der Waals surface area contributed by atoms with E-state index in [4.69, 9.17) is 15.2 Å². The van der Waals surface area contributed by atoms with E-state index in [1.807, 2.05) is 0 Å². The highest BCUT2D eigenvalue weighted by molar-refractivity contribution is 5.82. The summed E-state index contributed by atoms with van der Waals surface area (Å²) in [6.45, 7) is 1.65. The summed E-state index contributed by atoms with van der Waals surface area (Å²) in [4.78, 5) is 13.4. The van der Waals surface area contributed by atoms with E-state index >= 15 is 0 Å². The molecule has 5 heteroatoms. The summed E-state index contributed by atoms with van der Waals surface area (Å²) in [5.41, 5.74) is 5.64. The molecule has 82 valence electrons. The number of likely N-dealkylation sites (tertiary alicyclic amines) is 1. The molecular weight excluding hydrogens is 184 g/mol. The smallest absolute Gasteiger partial charge is 0.241 e. The van der Waals surface area contributed by atoms with Gasteiger partial charge in [-0.1, -0.05) is 0 Å². The fourth-order valence-corrected chi connectivity index (χ4v) is 1.61. The molecule has 5 nitrogen and oxygen atoms in total. The maximum Gasteiger partial charge on any atom is 0.241 e. The average Bonchev–Trinajstić information content (AvgIpc) is 2.65. The lowest BCUT2D eigenvalue weighted by Crippen LogP contribution is -2.45. The number of rotatable bonds is 4. The van der Waals surface area contributed by atoms with E-state index in [1.54, 1.807) is 12.0 Å². The molecule has 2 atom stereocenters. The number of nitrogens with zero attached hydrogens (tertiary/aromatic N) is 1. The number of hydrogen-bond acceptors (Lipinski definition) is 4. The molecule has 1 aliphatic rings. The lowest BCUT2D eigenvalue weighted by molar-refractivity contribution is -0.133. The summed E-state index contributed by atoms with van der Waals surface area (Å²) in [5, 5.41) is 0. The summed E-state index contributed by atoms with van der Waals surface area (Å²) in [6, 6.07) is -0.546. The maximum absolute atomic E-state index is 11.7. The van der Waals surface area contributed by atoms with Crippen molar-refractivity contribution >= 4 is 5.91 Å². The van der Waals surface area contributed by atoms with Crippen molar-refractivity contribution in [3.8, 4) is 0 Å². The number of amides is 1. The maximum atomic E-state index is 11.7. The fourth-order valence-electron chi connectivity index (χ4n) is 1.61. The van der Waals surface area contributed by atoms with Gasteiger partial charge in [-0.15, -0.1) is 0 Å². The first-order valence-corrected chi connectivity index (χ1v) is 4.75. The Morgan fingerprint density at radius 3 is 2.86 bits per heavy atom. The predicted octanol–water partition coefficient (Wildman–Crippen LogP) is -0.793. The second-order valence-corrected chi connectivity index (χ2v) is 3.49. The zero-order valence-corrected chi connectivity index (χ0v) is 8.73. The van der Waals surface area contributed by atoms with Gasteiger partial charge in [0.15, 0.2) is 0 Å². The first-order valence-electron chi connectivity index (χ1n) is 4.75. The molecule has 0 aromatic rings. The Morgan fingerprint density at radius 2 is 2.36 bits per heavy atom. The number of carbonyl (C=O) groups is 1. The molecule has 0 saturated carbocycles. The van der Waals surface area contributed by atoms with Crippen LogP contribution in [0.25, 0.3) is 0 Å². The molecule has 2 unspecified atom stereocenters. The van der Waals surface area contributed by atoms with Gasteiger partial charge in [0.05, 0.1) is 12.7 Å². The zero-order chi connectivity index (χ0) is 10.6. The van der Waals surface area contributed by atoms with Crippen LogP contribution in [-0.2, 0) is 14.3 Å². The van der Waals surface area contributed by atoms with Crippen molar-refractivity contribution in [2.75, 3.05) is 33.9 Å². The van der Waals surface area contributed by atoms with Crippen molar-refractivity contribution in [1.29, 1.82) is 0 Å². The molecule has 1 aliphatic heterocycles. The third-order valence-corrected chi connectivity index (χ3v) is 2.45. The number of ether oxygens (including phenoxy) is 2. The number of nitrogens with two attached hydrogens (primary N) is 1. The molecule has 0 spiro atoms. The molecule has 1 amide bonds. The van der Waals surface area contributed by atoms with E-state index in [1.165, 1.54) is 7.11 Å². The molecule has 0 aliphatic carbocycles. The van der Waals surface area contributed by atoms with Crippen molar-refractivity contribution in [2.45, 2.75) is 18.6 Å². The van der Waals surface area contributed by atoms with E-state index in [0.29, 0.717) is 6.54 Å². The quantitative estimate of drug-likeness (QED) is 0.648. The fraction of sp³-hybridized carbons (Fsp3) is 0.889. The molecule has 1 heterocycles. The highest BCUT2D eigenvalue weighted by atomic mass is 16.5. The normalized spacial score (nSPS) is 23.9. The van der Waals surface area contributed by atoms with Gasteiger partial charge in [0, 0.05) is 27.3 Å². The summed E-state index contributed by atoms with van der Waals surface area (Å²) >= 11 is 0. The van der Waals surface area contributed by atoms with E-state index < -0.39 is 6.04 Å². The molecule has 1 rings (SSSR count). The molecule has 14 heavy (non-hydrogen) atoms. The van der Waals surface area contributed by atoms with Gasteiger partial charge in [-0.2, -0.15) is 0 Å². The highest BCUT2D eigenvalue weighted by Gasteiger charge is 2.28. The van der Waals surface area contributed by atoms with Crippen LogP contribution < -0.4 is 5.73 Å². The summed E-state index contributed by atoms with van der Waals surface area (Å²) in [5.74, 6) is -0.0496. The van der Waals surface area contributed by atoms with Gasteiger partial charge in [-0.3, -0.25) is 4.79 Å². The van der Waals surface area contributed by atoms with Crippen LogP contribution in [0.3, 0.4) is 0 Å². The topological polar surface area (TPSA) is 64.8 Å². The Balaban J connectivity index is 2.38. The minimum Gasteiger partial charge on any atom is -0.383 e. The van der Waals surface area contributed by atoms with Crippen LogP contribution in [0.2, 0.25) is 0 Å². The largest absolute Gasteiger partial charge is 0.383 e. The van der Waals surface area contributed by atoms with E-state index in [0.717, 1.165) is 13.0 Å². The van der Waals surface area contributed by atoms with Crippen molar-refractivity contribution in [2.24, 2.45) is 5.73 Å². The second-order valence-electron chi connectivity index (χ2n) is 3.49. The van der Waals surface area contributed by atoms with Crippen molar-refractivity contribution in [1.82, 2.24) is 4.90 Å². The van der Waals surface area contributed by atoms with Crippen LogP contribution in [0.5, 0.6) is 0 Å². The van der Waals surface area contributed by atoms with Gasteiger partial charge < -0.3 is 20.1 Å². The third-order valence-electron chi connectivity index (χ3n) is 2.45. The van der Waals surface area contributed by atoms with Gasteiger partial charge in [-0.05, 0) is 6.42 Å². The Bertz CT molecular complexity index is 198. The van der Waals surface area contributed by atoms with Gasteiger partial charge in [-0.25, -0.2) is 0 Å². The van der Waals surface area contributed by atoms with E-state index in [2.05, 4.69) is 0 Å². The minimum atomic E-state index is -0.546. The van der Waals surface area contributed by atoms with Crippen LogP contribution in [0.1, 0.15) is 6.42 Å². The monoisotopic (exact) mass is 202 g/mol. The Kier molecular flexibility index (Phi) is 4.31. The Hall–Kier alpha value is -0.650. The summed E-state index contributed by atoms with van der Waals surface area (Å²) in [6.07, 6.45) is 1.05.